The SMILES string of the molecule is CCC(=O)CCCS(=O)c1ccc2c(c1)OCCO2. The van der Waals surface area contributed by atoms with Crippen molar-refractivity contribution in [2.24, 2.45) is 0 Å². The summed E-state index contributed by atoms with van der Waals surface area (Å²) >= 11 is 0. The van der Waals surface area contributed by atoms with E-state index in [9.17, 15) is 9.00 Å². The van der Waals surface area contributed by atoms with Crippen LogP contribution in [0.15, 0.2) is 23.1 Å². The van der Waals surface area contributed by atoms with E-state index in [0.717, 1.165) is 4.90 Å². The van der Waals surface area contributed by atoms with Gasteiger partial charge >= 0.3 is 0 Å². The highest BCUT2D eigenvalue weighted by molar-refractivity contribution is 7.85. The van der Waals surface area contributed by atoms with Crippen LogP contribution in [0, 0.1) is 0 Å². The number of carbonyl (C=O) groups is 1. The van der Waals surface area contributed by atoms with Gasteiger partial charge in [-0.2, -0.15) is 0 Å². The molecule has 104 valence electrons. The Morgan fingerprint density at radius 2 is 2.00 bits per heavy atom. The molecule has 1 aromatic rings. The number of fused-ring (bicyclic) bond motifs is 1. The molecule has 0 amide bonds. The number of hydrogen-bond donors (Lipinski definition) is 0. The summed E-state index contributed by atoms with van der Waals surface area (Å²) in [7, 11) is -1.09. The summed E-state index contributed by atoms with van der Waals surface area (Å²) in [6, 6.07) is 5.36. The molecule has 19 heavy (non-hydrogen) atoms. The van der Waals surface area contributed by atoms with Crippen LogP contribution in [0.3, 0.4) is 0 Å². The van der Waals surface area contributed by atoms with Crippen LogP contribution in [0.5, 0.6) is 11.5 Å². The lowest BCUT2D eigenvalue weighted by Gasteiger charge is -2.18. The lowest BCUT2D eigenvalue weighted by molar-refractivity contribution is -0.118. The third-order valence-electron chi connectivity index (χ3n) is 2.96. The van der Waals surface area contributed by atoms with E-state index in [1.54, 1.807) is 18.2 Å². The van der Waals surface area contributed by atoms with Crippen LogP contribution in [0.25, 0.3) is 0 Å². The number of carbonyl (C=O) groups excluding carboxylic acids is 1. The van der Waals surface area contributed by atoms with Crippen molar-refractivity contribution in [3.05, 3.63) is 18.2 Å². The highest BCUT2D eigenvalue weighted by Gasteiger charge is 2.14. The third-order valence-corrected chi connectivity index (χ3v) is 4.40. The normalized spacial score (nSPS) is 15.0. The molecule has 1 heterocycles. The predicted molar refractivity (Wildman–Crippen MR) is 73.2 cm³/mol. The second-order valence-corrected chi connectivity index (χ2v) is 5.92. The van der Waals surface area contributed by atoms with Gasteiger partial charge in [0.05, 0.1) is 10.8 Å². The van der Waals surface area contributed by atoms with Crippen molar-refractivity contribution < 1.29 is 18.5 Å². The fourth-order valence-corrected chi connectivity index (χ4v) is 2.96. The molecule has 1 atom stereocenters. The average molecular weight is 282 g/mol. The van der Waals surface area contributed by atoms with Gasteiger partial charge in [-0.25, -0.2) is 0 Å². The molecular weight excluding hydrogens is 264 g/mol. The monoisotopic (exact) mass is 282 g/mol. The lowest BCUT2D eigenvalue weighted by Crippen LogP contribution is -2.15. The van der Waals surface area contributed by atoms with E-state index in [1.807, 2.05) is 6.92 Å². The van der Waals surface area contributed by atoms with E-state index in [0.29, 0.717) is 49.7 Å². The Hall–Kier alpha value is -1.36. The van der Waals surface area contributed by atoms with E-state index in [2.05, 4.69) is 0 Å². The summed E-state index contributed by atoms with van der Waals surface area (Å²) in [5, 5.41) is 0. The molecule has 0 saturated carbocycles. The van der Waals surface area contributed by atoms with Gasteiger partial charge in [0, 0.05) is 29.6 Å². The van der Waals surface area contributed by atoms with Crippen molar-refractivity contribution in [3.63, 3.8) is 0 Å². The highest BCUT2D eigenvalue weighted by atomic mass is 32.2. The van der Waals surface area contributed by atoms with E-state index < -0.39 is 10.8 Å². The molecule has 5 heteroatoms. The van der Waals surface area contributed by atoms with E-state index in [1.165, 1.54) is 0 Å². The highest BCUT2D eigenvalue weighted by Crippen LogP contribution is 2.31. The van der Waals surface area contributed by atoms with Gasteiger partial charge in [0.25, 0.3) is 0 Å². The van der Waals surface area contributed by atoms with E-state index in [4.69, 9.17) is 9.47 Å². The molecule has 0 saturated heterocycles. The van der Waals surface area contributed by atoms with Crippen molar-refractivity contribution in [1.29, 1.82) is 0 Å². The molecule has 0 fully saturated rings. The van der Waals surface area contributed by atoms with Crippen molar-refractivity contribution in [1.82, 2.24) is 0 Å². The average Bonchev–Trinajstić information content (AvgIpc) is 2.46. The quantitative estimate of drug-likeness (QED) is 0.803. The number of rotatable bonds is 6. The molecule has 0 bridgehead atoms. The molecular formula is C14H18O4S. The zero-order valence-corrected chi connectivity index (χ0v) is 11.8. The topological polar surface area (TPSA) is 52.6 Å². The van der Waals surface area contributed by atoms with Crippen LogP contribution in [0.2, 0.25) is 0 Å². The van der Waals surface area contributed by atoms with Crippen LogP contribution in [-0.4, -0.2) is 29.0 Å². The summed E-state index contributed by atoms with van der Waals surface area (Å²) < 4.78 is 23.0. The first-order chi connectivity index (χ1) is 9.20. The van der Waals surface area contributed by atoms with Crippen LogP contribution in [0.4, 0.5) is 0 Å². The van der Waals surface area contributed by atoms with Gasteiger partial charge < -0.3 is 9.47 Å². The van der Waals surface area contributed by atoms with Gasteiger partial charge in [-0.05, 0) is 18.6 Å². The number of ether oxygens (including phenoxy) is 2. The zero-order chi connectivity index (χ0) is 13.7. The van der Waals surface area contributed by atoms with Gasteiger partial charge in [-0.15, -0.1) is 0 Å². The minimum atomic E-state index is -1.09. The number of ketones is 1. The Kier molecular flexibility index (Phi) is 4.96. The van der Waals surface area contributed by atoms with Gasteiger partial charge in [-0.3, -0.25) is 9.00 Å². The Morgan fingerprint density at radius 3 is 2.74 bits per heavy atom. The largest absolute Gasteiger partial charge is 0.486 e. The summed E-state index contributed by atoms with van der Waals surface area (Å²) in [6.07, 6.45) is 1.72. The fraction of sp³-hybridized carbons (Fsp3) is 0.500. The molecule has 1 aliphatic rings. The smallest absolute Gasteiger partial charge is 0.162 e. The predicted octanol–water partition coefficient (Wildman–Crippen LogP) is 2.32. The van der Waals surface area contributed by atoms with Gasteiger partial charge in [0.1, 0.15) is 19.0 Å². The molecule has 0 N–H and O–H groups in total. The standard InChI is InChI=1S/C14H18O4S/c1-2-11(15)4-3-9-19(16)12-5-6-13-14(10-12)18-8-7-17-13/h5-6,10H,2-4,7-9H2,1H3. The van der Waals surface area contributed by atoms with Crippen molar-refractivity contribution in [2.45, 2.75) is 31.1 Å². The Bertz CT molecular complexity index is 484. The van der Waals surface area contributed by atoms with E-state index >= 15 is 0 Å². The summed E-state index contributed by atoms with van der Waals surface area (Å²) in [4.78, 5) is 11.9. The number of hydrogen-bond acceptors (Lipinski definition) is 4. The van der Waals surface area contributed by atoms with Crippen LogP contribution in [-0.2, 0) is 15.6 Å². The molecule has 2 rings (SSSR count). The molecule has 0 aliphatic carbocycles. The van der Waals surface area contributed by atoms with Crippen LogP contribution in [0.1, 0.15) is 26.2 Å². The Labute approximate surface area is 115 Å². The molecule has 4 nitrogen and oxygen atoms in total. The first-order valence-electron chi connectivity index (χ1n) is 6.50. The third kappa shape index (κ3) is 3.80. The Balaban J connectivity index is 1.94. The number of benzene rings is 1. The number of Topliss-reactive ketones (excluding diaryl/α,β-unsaturated/α-hetero) is 1. The molecule has 0 aromatic heterocycles. The van der Waals surface area contributed by atoms with E-state index in [-0.39, 0.29) is 5.78 Å². The zero-order valence-electron chi connectivity index (χ0n) is 11.0. The maximum atomic E-state index is 12.1. The second-order valence-electron chi connectivity index (χ2n) is 4.35. The molecule has 1 aliphatic heterocycles. The van der Waals surface area contributed by atoms with Crippen molar-refractivity contribution in [3.8, 4) is 11.5 Å². The van der Waals surface area contributed by atoms with Crippen molar-refractivity contribution >= 4 is 16.6 Å². The molecule has 0 spiro atoms. The van der Waals surface area contributed by atoms with Crippen LogP contribution < -0.4 is 9.47 Å². The van der Waals surface area contributed by atoms with Gasteiger partial charge in [0.2, 0.25) is 0 Å². The molecule has 0 radical (unpaired) electrons. The lowest BCUT2D eigenvalue weighted by atomic mass is 10.2. The Morgan fingerprint density at radius 1 is 1.26 bits per heavy atom. The first kappa shape index (κ1) is 14.1. The van der Waals surface area contributed by atoms with Gasteiger partial charge in [-0.1, -0.05) is 6.92 Å². The minimum absolute atomic E-state index is 0.221. The summed E-state index contributed by atoms with van der Waals surface area (Å²) in [5.41, 5.74) is 0. The summed E-state index contributed by atoms with van der Waals surface area (Å²) in [5.74, 6) is 2.08. The molecule has 1 unspecified atom stereocenters. The minimum Gasteiger partial charge on any atom is -0.486 e. The van der Waals surface area contributed by atoms with Crippen molar-refractivity contribution in [2.75, 3.05) is 19.0 Å². The fourth-order valence-electron chi connectivity index (χ4n) is 1.86. The maximum Gasteiger partial charge on any atom is 0.162 e. The van der Waals surface area contributed by atoms with Gasteiger partial charge in [0.15, 0.2) is 11.5 Å². The maximum absolute atomic E-state index is 12.1. The summed E-state index contributed by atoms with van der Waals surface area (Å²) in [6.45, 7) is 2.92. The van der Waals surface area contributed by atoms with Crippen LogP contribution >= 0.6 is 0 Å². The molecule has 1 aromatic carbocycles. The second kappa shape index (κ2) is 6.70. The first-order valence-corrected chi connectivity index (χ1v) is 7.82.